The van der Waals surface area contributed by atoms with Gasteiger partial charge in [0.2, 0.25) is 5.91 Å². The van der Waals surface area contributed by atoms with Crippen molar-refractivity contribution in [2.75, 3.05) is 11.9 Å². The first kappa shape index (κ1) is 21.3. The second-order valence-corrected chi connectivity index (χ2v) is 7.24. The van der Waals surface area contributed by atoms with E-state index in [1.54, 1.807) is 32.2 Å². The summed E-state index contributed by atoms with van der Waals surface area (Å²) in [6.45, 7) is 7.74. The van der Waals surface area contributed by atoms with Crippen LogP contribution in [0.1, 0.15) is 41.8 Å². The SMILES string of the molecule is Cc1ccc(F)cc1NC(=O)CNC(=O)c1c(C)ccn(CCC(C)C)c1=O. The average molecular weight is 387 g/mol. The van der Waals surface area contributed by atoms with Gasteiger partial charge in [-0.2, -0.15) is 0 Å². The summed E-state index contributed by atoms with van der Waals surface area (Å²) in [6, 6.07) is 5.78. The lowest BCUT2D eigenvalue weighted by molar-refractivity contribution is -0.115. The maximum absolute atomic E-state index is 13.3. The first-order chi connectivity index (χ1) is 13.2. The van der Waals surface area contributed by atoms with Gasteiger partial charge in [0.1, 0.15) is 11.4 Å². The summed E-state index contributed by atoms with van der Waals surface area (Å²) in [4.78, 5) is 37.2. The van der Waals surface area contributed by atoms with E-state index in [9.17, 15) is 18.8 Å². The molecule has 7 heteroatoms. The van der Waals surface area contributed by atoms with Crippen LogP contribution in [-0.2, 0) is 11.3 Å². The topological polar surface area (TPSA) is 80.2 Å². The molecule has 2 N–H and O–H groups in total. The van der Waals surface area contributed by atoms with Crippen LogP contribution in [0.5, 0.6) is 0 Å². The Labute approximate surface area is 163 Å². The van der Waals surface area contributed by atoms with Crippen molar-refractivity contribution >= 4 is 17.5 Å². The van der Waals surface area contributed by atoms with Crippen LogP contribution in [0.15, 0.2) is 35.3 Å². The first-order valence-electron chi connectivity index (χ1n) is 9.23. The van der Waals surface area contributed by atoms with E-state index >= 15 is 0 Å². The second-order valence-electron chi connectivity index (χ2n) is 7.24. The largest absolute Gasteiger partial charge is 0.343 e. The minimum Gasteiger partial charge on any atom is -0.343 e. The van der Waals surface area contributed by atoms with Gasteiger partial charge in [-0.15, -0.1) is 0 Å². The maximum Gasteiger partial charge on any atom is 0.263 e. The van der Waals surface area contributed by atoms with Crippen LogP contribution >= 0.6 is 0 Å². The Hall–Kier alpha value is -2.96. The van der Waals surface area contributed by atoms with Gasteiger partial charge in [-0.3, -0.25) is 14.4 Å². The molecule has 0 fully saturated rings. The average Bonchev–Trinajstić information content (AvgIpc) is 2.62. The molecule has 0 atom stereocenters. The van der Waals surface area contributed by atoms with E-state index in [1.807, 2.05) is 0 Å². The number of nitrogens with one attached hydrogen (secondary N) is 2. The Morgan fingerprint density at radius 1 is 1.14 bits per heavy atom. The zero-order valence-electron chi connectivity index (χ0n) is 16.6. The van der Waals surface area contributed by atoms with E-state index in [0.717, 1.165) is 6.42 Å². The van der Waals surface area contributed by atoms with Crippen molar-refractivity contribution in [3.63, 3.8) is 0 Å². The van der Waals surface area contributed by atoms with Gasteiger partial charge >= 0.3 is 0 Å². The molecule has 2 amide bonds. The summed E-state index contributed by atoms with van der Waals surface area (Å²) in [7, 11) is 0. The number of hydrogen-bond donors (Lipinski definition) is 2. The summed E-state index contributed by atoms with van der Waals surface area (Å²) in [5, 5.41) is 5.02. The van der Waals surface area contributed by atoms with Gasteiger partial charge in [0.05, 0.1) is 6.54 Å². The fraction of sp³-hybridized carbons (Fsp3) is 0.381. The number of halogens is 1. The highest BCUT2D eigenvalue weighted by Gasteiger charge is 2.17. The molecule has 0 saturated carbocycles. The molecular weight excluding hydrogens is 361 g/mol. The third kappa shape index (κ3) is 5.52. The number of rotatable bonds is 7. The molecule has 1 heterocycles. The minimum atomic E-state index is -0.604. The van der Waals surface area contributed by atoms with Gasteiger partial charge in [0.15, 0.2) is 0 Å². The third-order valence-electron chi connectivity index (χ3n) is 4.43. The van der Waals surface area contributed by atoms with Crippen molar-refractivity contribution in [1.29, 1.82) is 0 Å². The van der Waals surface area contributed by atoms with Crippen molar-refractivity contribution in [1.82, 2.24) is 9.88 Å². The first-order valence-corrected chi connectivity index (χ1v) is 9.23. The summed E-state index contributed by atoms with van der Waals surface area (Å²) in [5.74, 6) is -1.14. The van der Waals surface area contributed by atoms with E-state index in [1.165, 1.54) is 16.7 Å². The Balaban J connectivity index is 2.06. The van der Waals surface area contributed by atoms with E-state index in [4.69, 9.17) is 0 Å². The number of nitrogens with zero attached hydrogens (tertiary/aromatic N) is 1. The molecule has 150 valence electrons. The number of amides is 2. The lowest BCUT2D eigenvalue weighted by Crippen LogP contribution is -2.38. The number of carbonyl (C=O) groups excluding carboxylic acids is 2. The molecule has 0 unspecified atom stereocenters. The van der Waals surface area contributed by atoms with E-state index in [2.05, 4.69) is 24.5 Å². The van der Waals surface area contributed by atoms with Gasteiger partial charge in [-0.05, 0) is 55.5 Å². The number of anilines is 1. The summed E-state index contributed by atoms with van der Waals surface area (Å²) >= 11 is 0. The van der Waals surface area contributed by atoms with Crippen molar-refractivity contribution in [3.8, 4) is 0 Å². The quantitative estimate of drug-likeness (QED) is 0.766. The van der Waals surface area contributed by atoms with E-state index in [-0.39, 0.29) is 17.7 Å². The molecule has 2 rings (SSSR count). The van der Waals surface area contributed by atoms with Crippen LogP contribution in [0.4, 0.5) is 10.1 Å². The summed E-state index contributed by atoms with van der Waals surface area (Å²) < 4.78 is 14.8. The fourth-order valence-electron chi connectivity index (χ4n) is 2.69. The molecule has 0 aliphatic carbocycles. The molecule has 0 spiro atoms. The number of hydrogen-bond acceptors (Lipinski definition) is 3. The third-order valence-corrected chi connectivity index (χ3v) is 4.43. The highest BCUT2D eigenvalue weighted by Crippen LogP contribution is 2.15. The molecule has 1 aromatic heterocycles. The molecule has 0 saturated heterocycles. The number of aromatic nitrogens is 1. The normalized spacial score (nSPS) is 10.8. The van der Waals surface area contributed by atoms with Gasteiger partial charge in [0.25, 0.3) is 11.5 Å². The van der Waals surface area contributed by atoms with Gasteiger partial charge in [0, 0.05) is 18.4 Å². The molecule has 0 bridgehead atoms. The molecule has 0 aliphatic heterocycles. The van der Waals surface area contributed by atoms with Crippen LogP contribution in [-0.4, -0.2) is 22.9 Å². The highest BCUT2D eigenvalue weighted by atomic mass is 19.1. The van der Waals surface area contributed by atoms with Gasteiger partial charge in [-0.1, -0.05) is 19.9 Å². The Morgan fingerprint density at radius 2 is 1.86 bits per heavy atom. The molecule has 0 radical (unpaired) electrons. The summed E-state index contributed by atoms with van der Waals surface area (Å²) in [6.07, 6.45) is 2.50. The van der Waals surface area contributed by atoms with Crippen LogP contribution in [0, 0.1) is 25.6 Å². The summed E-state index contributed by atoms with van der Waals surface area (Å²) in [5.41, 5.74) is 1.24. The standard InChI is InChI=1S/C21H26FN3O3/c1-13(2)7-9-25-10-8-15(4)19(21(25)28)20(27)23-12-18(26)24-17-11-16(22)6-5-14(17)3/h5-6,8,10-11,13H,7,9,12H2,1-4H3,(H,23,27)(H,24,26). The Morgan fingerprint density at radius 3 is 2.54 bits per heavy atom. The highest BCUT2D eigenvalue weighted by molar-refractivity contribution is 6.00. The lowest BCUT2D eigenvalue weighted by Gasteiger charge is -2.13. The van der Waals surface area contributed by atoms with E-state index in [0.29, 0.717) is 29.3 Å². The molecule has 28 heavy (non-hydrogen) atoms. The predicted octanol–water partition coefficient (Wildman–Crippen LogP) is 3.02. The molecule has 0 aliphatic rings. The van der Waals surface area contributed by atoms with Crippen LogP contribution in [0.25, 0.3) is 0 Å². The van der Waals surface area contributed by atoms with Crippen molar-refractivity contribution in [3.05, 3.63) is 63.3 Å². The van der Waals surface area contributed by atoms with Gasteiger partial charge < -0.3 is 15.2 Å². The molecule has 1 aromatic carbocycles. The Bertz CT molecular complexity index is 935. The predicted molar refractivity (Wildman–Crippen MR) is 107 cm³/mol. The molecular formula is C21H26FN3O3. The van der Waals surface area contributed by atoms with Crippen molar-refractivity contribution in [2.45, 2.75) is 40.7 Å². The number of benzene rings is 1. The Kier molecular flexibility index (Phi) is 7.09. The second kappa shape index (κ2) is 9.30. The zero-order chi connectivity index (χ0) is 20.8. The number of aryl methyl sites for hydroxylation is 3. The smallest absolute Gasteiger partial charge is 0.263 e. The van der Waals surface area contributed by atoms with Crippen LogP contribution in [0.2, 0.25) is 0 Å². The van der Waals surface area contributed by atoms with E-state index < -0.39 is 17.6 Å². The van der Waals surface area contributed by atoms with Crippen LogP contribution in [0.3, 0.4) is 0 Å². The van der Waals surface area contributed by atoms with Gasteiger partial charge in [-0.25, -0.2) is 4.39 Å². The minimum absolute atomic E-state index is 0.0287. The van der Waals surface area contributed by atoms with Crippen molar-refractivity contribution < 1.29 is 14.0 Å². The lowest BCUT2D eigenvalue weighted by atomic mass is 10.1. The number of pyridine rings is 1. The molecule has 6 nitrogen and oxygen atoms in total. The van der Waals surface area contributed by atoms with Crippen LogP contribution < -0.4 is 16.2 Å². The number of carbonyl (C=O) groups is 2. The zero-order valence-corrected chi connectivity index (χ0v) is 16.6. The maximum atomic E-state index is 13.3. The monoisotopic (exact) mass is 387 g/mol. The fourth-order valence-corrected chi connectivity index (χ4v) is 2.69. The van der Waals surface area contributed by atoms with Crippen molar-refractivity contribution in [2.24, 2.45) is 5.92 Å². The molecule has 2 aromatic rings.